The minimum absolute atomic E-state index is 0.357. The van der Waals surface area contributed by atoms with Gasteiger partial charge in [0.25, 0.3) is 5.91 Å². The SMILES string of the molecule is Cc1ccc(N2C(=O)C3ON=C(c4ccc(F)cc4)C3C2=O)c(C)c1. The van der Waals surface area contributed by atoms with Crippen molar-refractivity contribution in [1.82, 2.24) is 0 Å². The molecule has 5 nitrogen and oxygen atoms in total. The van der Waals surface area contributed by atoms with E-state index in [0.29, 0.717) is 17.0 Å². The molecule has 0 spiro atoms. The molecule has 6 heteroatoms. The van der Waals surface area contributed by atoms with Gasteiger partial charge in [-0.05, 0) is 37.6 Å². The van der Waals surface area contributed by atoms with E-state index in [9.17, 15) is 14.0 Å². The molecule has 2 unspecified atom stereocenters. The number of rotatable bonds is 2. The topological polar surface area (TPSA) is 59.0 Å². The van der Waals surface area contributed by atoms with E-state index in [-0.39, 0.29) is 11.7 Å². The Kier molecular flexibility index (Phi) is 3.42. The van der Waals surface area contributed by atoms with Gasteiger partial charge in [0.2, 0.25) is 12.0 Å². The van der Waals surface area contributed by atoms with E-state index in [4.69, 9.17) is 4.84 Å². The quantitative estimate of drug-likeness (QED) is 0.791. The summed E-state index contributed by atoms with van der Waals surface area (Å²) in [6, 6.07) is 11.2. The van der Waals surface area contributed by atoms with Crippen LogP contribution in [0, 0.1) is 25.6 Å². The Bertz CT molecular complexity index is 921. The van der Waals surface area contributed by atoms with Crippen LogP contribution in [0.2, 0.25) is 0 Å². The van der Waals surface area contributed by atoms with Crippen LogP contribution in [0.15, 0.2) is 47.6 Å². The highest BCUT2D eigenvalue weighted by Crippen LogP contribution is 2.36. The zero-order valence-electron chi connectivity index (χ0n) is 13.7. The van der Waals surface area contributed by atoms with Crippen LogP contribution in [-0.4, -0.2) is 23.6 Å². The van der Waals surface area contributed by atoms with Gasteiger partial charge >= 0.3 is 0 Å². The number of nitrogens with zero attached hydrogens (tertiary/aromatic N) is 2. The van der Waals surface area contributed by atoms with Crippen molar-refractivity contribution < 1.29 is 18.8 Å². The van der Waals surface area contributed by atoms with E-state index < -0.39 is 17.9 Å². The highest BCUT2D eigenvalue weighted by Gasteiger charge is 2.56. The Balaban J connectivity index is 1.72. The molecule has 4 rings (SSSR count). The minimum atomic E-state index is -0.965. The Hall–Kier alpha value is -3.02. The van der Waals surface area contributed by atoms with E-state index in [0.717, 1.165) is 11.1 Å². The lowest BCUT2D eigenvalue weighted by Gasteiger charge is -2.18. The van der Waals surface area contributed by atoms with Crippen molar-refractivity contribution in [1.29, 1.82) is 0 Å². The first-order valence-electron chi connectivity index (χ1n) is 7.92. The molecule has 0 saturated carbocycles. The summed E-state index contributed by atoms with van der Waals surface area (Å²) < 4.78 is 13.1. The molecule has 2 aliphatic rings. The van der Waals surface area contributed by atoms with Crippen molar-refractivity contribution in [3.8, 4) is 0 Å². The largest absolute Gasteiger partial charge is 0.381 e. The number of oxime groups is 1. The van der Waals surface area contributed by atoms with Crippen LogP contribution in [-0.2, 0) is 14.4 Å². The Morgan fingerprint density at radius 2 is 1.76 bits per heavy atom. The lowest BCUT2D eigenvalue weighted by molar-refractivity contribution is -0.126. The predicted molar refractivity (Wildman–Crippen MR) is 89.7 cm³/mol. The van der Waals surface area contributed by atoms with Crippen molar-refractivity contribution in [2.45, 2.75) is 20.0 Å². The maximum Gasteiger partial charge on any atom is 0.278 e. The molecular weight excluding hydrogens is 323 g/mol. The monoisotopic (exact) mass is 338 g/mol. The Labute approximate surface area is 143 Å². The Morgan fingerprint density at radius 1 is 1.04 bits per heavy atom. The van der Waals surface area contributed by atoms with Gasteiger partial charge in [-0.25, -0.2) is 9.29 Å². The molecule has 2 aliphatic heterocycles. The fourth-order valence-electron chi connectivity index (χ4n) is 3.33. The molecule has 1 fully saturated rings. The molecule has 2 atom stereocenters. The molecule has 0 aromatic heterocycles. The van der Waals surface area contributed by atoms with E-state index in [1.54, 1.807) is 6.07 Å². The maximum absolute atomic E-state index is 13.1. The highest BCUT2D eigenvalue weighted by atomic mass is 19.1. The third kappa shape index (κ3) is 2.33. The summed E-state index contributed by atoms with van der Waals surface area (Å²) in [5.41, 5.74) is 3.36. The number of amides is 2. The van der Waals surface area contributed by atoms with Gasteiger partial charge in [0.05, 0.1) is 5.69 Å². The fraction of sp³-hybridized carbons (Fsp3) is 0.211. The smallest absolute Gasteiger partial charge is 0.278 e. The molecule has 0 radical (unpaired) electrons. The van der Waals surface area contributed by atoms with E-state index in [1.807, 2.05) is 26.0 Å². The molecular formula is C19H15FN2O3. The highest BCUT2D eigenvalue weighted by molar-refractivity contribution is 6.32. The lowest BCUT2D eigenvalue weighted by atomic mass is 9.94. The predicted octanol–water partition coefficient (Wildman–Crippen LogP) is 2.74. The third-order valence-electron chi connectivity index (χ3n) is 4.55. The molecule has 2 aromatic rings. The number of aryl methyl sites for hydroxylation is 2. The zero-order chi connectivity index (χ0) is 17.7. The molecule has 0 N–H and O–H groups in total. The van der Waals surface area contributed by atoms with Crippen LogP contribution >= 0.6 is 0 Å². The maximum atomic E-state index is 13.1. The van der Waals surface area contributed by atoms with Gasteiger partial charge in [-0.2, -0.15) is 0 Å². The summed E-state index contributed by atoms with van der Waals surface area (Å²) in [6.07, 6.45) is -0.965. The van der Waals surface area contributed by atoms with Crippen LogP contribution in [0.3, 0.4) is 0 Å². The van der Waals surface area contributed by atoms with Crippen LogP contribution in [0.25, 0.3) is 0 Å². The first kappa shape index (κ1) is 15.5. The first-order valence-corrected chi connectivity index (χ1v) is 7.92. The van der Waals surface area contributed by atoms with Gasteiger partial charge in [0.15, 0.2) is 0 Å². The minimum Gasteiger partial charge on any atom is -0.381 e. The van der Waals surface area contributed by atoms with Crippen molar-refractivity contribution >= 4 is 23.2 Å². The second-order valence-corrected chi connectivity index (χ2v) is 6.29. The zero-order valence-corrected chi connectivity index (χ0v) is 13.7. The van der Waals surface area contributed by atoms with E-state index in [1.165, 1.54) is 29.2 Å². The van der Waals surface area contributed by atoms with E-state index >= 15 is 0 Å². The van der Waals surface area contributed by atoms with Gasteiger partial charge in [0, 0.05) is 5.56 Å². The fourth-order valence-corrected chi connectivity index (χ4v) is 3.33. The average molecular weight is 338 g/mol. The average Bonchev–Trinajstić information content (AvgIpc) is 3.11. The van der Waals surface area contributed by atoms with Crippen LogP contribution in [0.1, 0.15) is 16.7 Å². The van der Waals surface area contributed by atoms with Crippen molar-refractivity contribution in [3.05, 3.63) is 65.0 Å². The molecule has 1 saturated heterocycles. The number of hydrogen-bond donors (Lipinski definition) is 0. The summed E-state index contributed by atoms with van der Waals surface area (Å²) in [4.78, 5) is 32.1. The van der Waals surface area contributed by atoms with Crippen molar-refractivity contribution in [3.63, 3.8) is 0 Å². The number of fused-ring (bicyclic) bond motifs is 1. The van der Waals surface area contributed by atoms with Crippen LogP contribution in [0.5, 0.6) is 0 Å². The summed E-state index contributed by atoms with van der Waals surface area (Å²) in [6.45, 7) is 3.80. The second-order valence-electron chi connectivity index (χ2n) is 6.29. The molecule has 0 aliphatic carbocycles. The number of benzene rings is 2. The number of carbonyl (C=O) groups is 2. The lowest BCUT2D eigenvalue weighted by Crippen LogP contribution is -2.33. The van der Waals surface area contributed by atoms with Crippen LogP contribution < -0.4 is 4.90 Å². The van der Waals surface area contributed by atoms with Gasteiger partial charge in [-0.3, -0.25) is 9.59 Å². The van der Waals surface area contributed by atoms with E-state index in [2.05, 4.69) is 5.16 Å². The number of carbonyl (C=O) groups excluding carboxylic acids is 2. The van der Waals surface area contributed by atoms with Crippen LogP contribution in [0.4, 0.5) is 10.1 Å². The molecule has 2 heterocycles. The second kappa shape index (κ2) is 5.51. The molecule has 0 bridgehead atoms. The summed E-state index contributed by atoms with van der Waals surface area (Å²) in [7, 11) is 0. The summed E-state index contributed by atoms with van der Waals surface area (Å²) >= 11 is 0. The molecule has 2 aromatic carbocycles. The standard InChI is InChI=1S/C19H15FN2O3/c1-10-3-8-14(11(2)9-10)22-18(23)15-16(21-25-17(15)19(22)24)12-4-6-13(20)7-5-12/h3-9,15,17H,1-2H3. The van der Waals surface area contributed by atoms with Gasteiger partial charge in [0.1, 0.15) is 17.4 Å². The molecule has 126 valence electrons. The molecule has 25 heavy (non-hydrogen) atoms. The molecule has 2 amide bonds. The Morgan fingerprint density at radius 3 is 2.44 bits per heavy atom. The summed E-state index contributed by atoms with van der Waals surface area (Å²) in [5, 5.41) is 3.91. The number of anilines is 1. The normalized spacial score (nSPS) is 22.0. The number of imide groups is 1. The number of halogens is 1. The van der Waals surface area contributed by atoms with Crippen molar-refractivity contribution in [2.75, 3.05) is 4.90 Å². The van der Waals surface area contributed by atoms with Gasteiger partial charge < -0.3 is 4.84 Å². The van der Waals surface area contributed by atoms with Gasteiger partial charge in [-0.1, -0.05) is 35.0 Å². The first-order chi connectivity index (χ1) is 12.0. The van der Waals surface area contributed by atoms with Gasteiger partial charge in [-0.15, -0.1) is 0 Å². The summed E-state index contributed by atoms with van der Waals surface area (Å²) in [5.74, 6) is -1.99. The van der Waals surface area contributed by atoms with Crippen molar-refractivity contribution in [2.24, 2.45) is 11.1 Å². The number of hydrogen-bond acceptors (Lipinski definition) is 4. The third-order valence-corrected chi connectivity index (χ3v) is 4.55.